The van der Waals surface area contributed by atoms with Crippen LogP contribution >= 0.6 is 0 Å². The molecule has 0 bridgehead atoms. The maximum Gasteiger partial charge on any atom is 0.325 e. The van der Waals surface area contributed by atoms with Crippen LogP contribution in [-0.2, 0) is 9.53 Å². The Kier molecular flexibility index (Phi) is 6.93. The van der Waals surface area contributed by atoms with Gasteiger partial charge in [0.1, 0.15) is 23.7 Å². The molecule has 2 aromatic heterocycles. The van der Waals surface area contributed by atoms with Crippen molar-refractivity contribution in [2.24, 2.45) is 5.73 Å². The Morgan fingerprint density at radius 2 is 1.97 bits per heavy atom. The molecule has 174 valence electrons. The van der Waals surface area contributed by atoms with Gasteiger partial charge in [-0.05, 0) is 57.7 Å². The van der Waals surface area contributed by atoms with Crippen molar-refractivity contribution in [3.05, 3.63) is 53.7 Å². The summed E-state index contributed by atoms with van der Waals surface area (Å²) in [6, 6.07) is 11.9. The second-order valence-corrected chi connectivity index (χ2v) is 8.57. The molecular weight excluding hydrogens is 418 g/mol. The summed E-state index contributed by atoms with van der Waals surface area (Å²) in [5.41, 5.74) is 9.89. The van der Waals surface area contributed by atoms with E-state index in [-0.39, 0.29) is 30.5 Å². The average Bonchev–Trinajstić information content (AvgIpc) is 3.17. The van der Waals surface area contributed by atoms with Gasteiger partial charge in [0.15, 0.2) is 0 Å². The molecule has 0 atom stereocenters. The van der Waals surface area contributed by atoms with Crippen molar-refractivity contribution in [2.45, 2.75) is 51.6 Å². The molecule has 0 radical (unpaired) electrons. The molecule has 33 heavy (non-hydrogen) atoms. The van der Waals surface area contributed by atoms with Crippen molar-refractivity contribution in [3.63, 3.8) is 0 Å². The third-order valence-electron chi connectivity index (χ3n) is 5.99. The summed E-state index contributed by atoms with van der Waals surface area (Å²) >= 11 is 0. The number of pyridine rings is 1. The number of amides is 1. The maximum absolute atomic E-state index is 12.9. The fraction of sp³-hybridized carbons (Fsp3) is 0.400. The Morgan fingerprint density at radius 1 is 1.18 bits per heavy atom. The summed E-state index contributed by atoms with van der Waals surface area (Å²) < 4.78 is 6.91. The Labute approximate surface area is 193 Å². The van der Waals surface area contributed by atoms with E-state index >= 15 is 0 Å². The molecule has 1 saturated carbocycles. The fourth-order valence-corrected chi connectivity index (χ4v) is 4.25. The number of anilines is 1. The zero-order chi connectivity index (χ0) is 23.4. The molecule has 0 saturated heterocycles. The van der Waals surface area contributed by atoms with Gasteiger partial charge in [-0.1, -0.05) is 23.8 Å². The van der Waals surface area contributed by atoms with Crippen molar-refractivity contribution < 1.29 is 14.3 Å². The van der Waals surface area contributed by atoms with Gasteiger partial charge >= 0.3 is 5.97 Å². The summed E-state index contributed by atoms with van der Waals surface area (Å²) in [4.78, 5) is 29.6. The maximum atomic E-state index is 12.9. The van der Waals surface area contributed by atoms with E-state index in [4.69, 9.17) is 15.5 Å². The van der Waals surface area contributed by atoms with Gasteiger partial charge in [-0.2, -0.15) is 0 Å². The van der Waals surface area contributed by atoms with Crippen molar-refractivity contribution in [3.8, 4) is 11.3 Å². The summed E-state index contributed by atoms with van der Waals surface area (Å²) in [5.74, 6) is 0.224. The zero-order valence-corrected chi connectivity index (χ0v) is 19.1. The van der Waals surface area contributed by atoms with Crippen molar-refractivity contribution >= 4 is 23.3 Å². The van der Waals surface area contributed by atoms with Crippen LogP contribution < -0.4 is 16.4 Å². The summed E-state index contributed by atoms with van der Waals surface area (Å²) in [6.07, 6.45) is 5.47. The van der Waals surface area contributed by atoms with Gasteiger partial charge in [0, 0.05) is 29.4 Å². The largest absolute Gasteiger partial charge is 0.465 e. The normalized spacial score (nSPS) is 18.2. The third kappa shape index (κ3) is 5.34. The van der Waals surface area contributed by atoms with Crippen LogP contribution in [-0.4, -0.2) is 46.5 Å². The number of benzene rings is 1. The first-order valence-corrected chi connectivity index (χ1v) is 11.5. The second kappa shape index (κ2) is 10.0. The van der Waals surface area contributed by atoms with Crippen molar-refractivity contribution in [1.29, 1.82) is 0 Å². The van der Waals surface area contributed by atoms with Crippen LogP contribution in [0.15, 0.2) is 42.6 Å². The first kappa shape index (κ1) is 22.8. The Hall–Kier alpha value is -3.39. The molecule has 8 heteroatoms. The smallest absolute Gasteiger partial charge is 0.325 e. The number of hydrogen-bond acceptors (Lipinski definition) is 6. The number of ether oxygens (including phenoxy) is 1. The molecular formula is C25H31N5O3. The number of imidazole rings is 1. The highest BCUT2D eigenvalue weighted by molar-refractivity contribution is 5.95. The number of aromatic nitrogens is 2. The second-order valence-electron chi connectivity index (χ2n) is 8.57. The highest BCUT2D eigenvalue weighted by Crippen LogP contribution is 2.30. The summed E-state index contributed by atoms with van der Waals surface area (Å²) in [6.45, 7) is 4.14. The number of fused-ring (bicyclic) bond motifs is 1. The van der Waals surface area contributed by atoms with Gasteiger partial charge in [-0.25, -0.2) is 4.98 Å². The van der Waals surface area contributed by atoms with Crippen LogP contribution in [0.2, 0.25) is 0 Å². The van der Waals surface area contributed by atoms with Crippen LogP contribution in [0, 0.1) is 6.92 Å². The lowest BCUT2D eigenvalue weighted by atomic mass is 9.91. The van der Waals surface area contributed by atoms with E-state index in [9.17, 15) is 9.59 Å². The highest BCUT2D eigenvalue weighted by Gasteiger charge is 2.22. The number of nitrogens with zero attached hydrogens (tertiary/aromatic N) is 2. The third-order valence-corrected chi connectivity index (χ3v) is 5.99. The zero-order valence-electron chi connectivity index (χ0n) is 19.1. The van der Waals surface area contributed by atoms with E-state index in [0.29, 0.717) is 29.3 Å². The van der Waals surface area contributed by atoms with E-state index in [1.807, 2.05) is 35.6 Å². The molecule has 8 nitrogen and oxygen atoms in total. The van der Waals surface area contributed by atoms with Crippen LogP contribution in [0.3, 0.4) is 0 Å². The number of nitrogens with two attached hydrogens (primary N) is 1. The number of carbonyl (C=O) groups excluding carboxylic acids is 2. The molecule has 1 amide bonds. The number of nitrogens with one attached hydrogen (secondary N) is 2. The van der Waals surface area contributed by atoms with Crippen LogP contribution in [0.1, 0.15) is 48.5 Å². The van der Waals surface area contributed by atoms with E-state index in [1.54, 1.807) is 25.3 Å². The number of hydrogen-bond donors (Lipinski definition) is 3. The molecule has 1 aliphatic rings. The fourth-order valence-electron chi connectivity index (χ4n) is 4.25. The number of rotatable bonds is 7. The molecule has 0 aliphatic heterocycles. The van der Waals surface area contributed by atoms with E-state index in [0.717, 1.165) is 36.8 Å². The Bertz CT molecular complexity index is 1150. The lowest BCUT2D eigenvalue weighted by Crippen LogP contribution is -2.40. The molecule has 4 rings (SSSR count). The number of aryl methyl sites for hydroxylation is 1. The van der Waals surface area contributed by atoms with Crippen molar-refractivity contribution in [1.82, 2.24) is 14.7 Å². The minimum Gasteiger partial charge on any atom is -0.465 e. The molecule has 0 unspecified atom stereocenters. The van der Waals surface area contributed by atoms with Crippen LogP contribution in [0.25, 0.3) is 16.9 Å². The van der Waals surface area contributed by atoms with Gasteiger partial charge in [-0.3, -0.25) is 14.0 Å². The lowest BCUT2D eigenvalue weighted by Gasteiger charge is -2.26. The average molecular weight is 450 g/mol. The van der Waals surface area contributed by atoms with Gasteiger partial charge in [0.05, 0.1) is 6.61 Å². The monoisotopic (exact) mass is 449 g/mol. The highest BCUT2D eigenvalue weighted by atomic mass is 16.5. The molecule has 1 aromatic carbocycles. The lowest BCUT2D eigenvalue weighted by molar-refractivity contribution is -0.140. The number of carbonyl (C=O) groups is 2. The summed E-state index contributed by atoms with van der Waals surface area (Å²) in [5, 5.41) is 6.30. The first-order valence-electron chi connectivity index (χ1n) is 11.5. The van der Waals surface area contributed by atoms with E-state index in [2.05, 4.69) is 10.6 Å². The minimum atomic E-state index is -0.342. The molecule has 2 heterocycles. The SMILES string of the molecule is CCOC(=O)CNc1c(-c2cccc(C)c2)nc2cc(C(=O)NC3CCC(N)CC3)ccn12. The van der Waals surface area contributed by atoms with E-state index < -0.39 is 0 Å². The van der Waals surface area contributed by atoms with E-state index in [1.165, 1.54) is 0 Å². The quantitative estimate of drug-likeness (QED) is 0.478. The first-order chi connectivity index (χ1) is 15.9. The van der Waals surface area contributed by atoms with Crippen LogP contribution in [0.5, 0.6) is 0 Å². The van der Waals surface area contributed by atoms with Gasteiger partial charge in [-0.15, -0.1) is 0 Å². The molecule has 3 aromatic rings. The topological polar surface area (TPSA) is 111 Å². The Balaban J connectivity index is 1.63. The van der Waals surface area contributed by atoms with Gasteiger partial charge < -0.3 is 21.1 Å². The van der Waals surface area contributed by atoms with Gasteiger partial charge in [0.2, 0.25) is 0 Å². The number of esters is 1. The summed E-state index contributed by atoms with van der Waals surface area (Å²) in [7, 11) is 0. The minimum absolute atomic E-state index is 0.0203. The molecule has 0 spiro atoms. The molecule has 1 aliphatic carbocycles. The Morgan fingerprint density at radius 3 is 2.70 bits per heavy atom. The molecule has 1 fully saturated rings. The van der Waals surface area contributed by atoms with Crippen molar-refractivity contribution in [2.75, 3.05) is 18.5 Å². The predicted octanol–water partition coefficient (Wildman–Crippen LogP) is 3.28. The van der Waals surface area contributed by atoms with Crippen LogP contribution in [0.4, 0.5) is 5.82 Å². The molecule has 4 N–H and O–H groups in total. The standard InChI is InChI=1S/C25H31N5O3/c1-3-33-22(31)15-27-24-23(17-6-4-5-16(2)13-17)29-21-14-18(11-12-30(21)24)25(32)28-20-9-7-19(26)8-10-20/h4-6,11-14,19-20,27H,3,7-10,15,26H2,1-2H3,(H,28,32). The van der Waals surface area contributed by atoms with Gasteiger partial charge in [0.25, 0.3) is 5.91 Å². The predicted molar refractivity (Wildman–Crippen MR) is 128 cm³/mol.